The van der Waals surface area contributed by atoms with Crippen molar-refractivity contribution in [3.05, 3.63) is 65.2 Å². The molecular weight excluding hydrogens is 278 g/mol. The van der Waals surface area contributed by atoms with Gasteiger partial charge in [0.2, 0.25) is 0 Å². The summed E-state index contributed by atoms with van der Waals surface area (Å²) in [5, 5.41) is 0. The van der Waals surface area contributed by atoms with Gasteiger partial charge in [0, 0.05) is 24.0 Å². The minimum Gasteiger partial charge on any atom is -0.344 e. The monoisotopic (exact) mass is 305 g/mol. The SMILES string of the molecule is C=C1Cc2cc(C(CC)CC)ccc2N(C)c2cc(C)ccc21. The molecule has 1 nitrogen and oxygen atoms in total. The molecule has 0 spiro atoms. The van der Waals surface area contributed by atoms with Crippen molar-refractivity contribution in [2.24, 2.45) is 0 Å². The van der Waals surface area contributed by atoms with Crippen LogP contribution in [-0.2, 0) is 6.42 Å². The van der Waals surface area contributed by atoms with E-state index in [0.717, 1.165) is 6.42 Å². The molecule has 1 heterocycles. The molecule has 120 valence electrons. The summed E-state index contributed by atoms with van der Waals surface area (Å²) in [5.41, 5.74) is 9.23. The molecule has 0 atom stereocenters. The van der Waals surface area contributed by atoms with Crippen molar-refractivity contribution in [3.8, 4) is 0 Å². The molecule has 0 unspecified atom stereocenters. The van der Waals surface area contributed by atoms with Gasteiger partial charge in [-0.15, -0.1) is 0 Å². The van der Waals surface area contributed by atoms with Crippen LogP contribution in [0, 0.1) is 6.92 Å². The van der Waals surface area contributed by atoms with Gasteiger partial charge in [0.05, 0.1) is 0 Å². The fourth-order valence-corrected chi connectivity index (χ4v) is 3.76. The van der Waals surface area contributed by atoms with E-state index in [9.17, 15) is 0 Å². The van der Waals surface area contributed by atoms with Gasteiger partial charge in [0.1, 0.15) is 0 Å². The molecule has 0 N–H and O–H groups in total. The largest absolute Gasteiger partial charge is 0.344 e. The Kier molecular flexibility index (Phi) is 4.30. The van der Waals surface area contributed by atoms with Crippen molar-refractivity contribution in [2.75, 3.05) is 11.9 Å². The molecule has 0 saturated carbocycles. The smallest absolute Gasteiger partial charge is 0.0487 e. The average Bonchev–Trinajstić information content (AvgIpc) is 2.64. The van der Waals surface area contributed by atoms with Crippen molar-refractivity contribution >= 4 is 16.9 Å². The lowest BCUT2D eigenvalue weighted by molar-refractivity contribution is 0.641. The summed E-state index contributed by atoms with van der Waals surface area (Å²) in [6.07, 6.45) is 3.33. The van der Waals surface area contributed by atoms with E-state index in [1.165, 1.54) is 52.0 Å². The molecule has 1 aliphatic heterocycles. The van der Waals surface area contributed by atoms with Gasteiger partial charge in [-0.3, -0.25) is 0 Å². The van der Waals surface area contributed by atoms with Crippen LogP contribution < -0.4 is 4.90 Å². The van der Waals surface area contributed by atoms with Gasteiger partial charge in [0.15, 0.2) is 0 Å². The van der Waals surface area contributed by atoms with Gasteiger partial charge in [-0.1, -0.05) is 44.7 Å². The Morgan fingerprint density at radius 3 is 2.48 bits per heavy atom. The van der Waals surface area contributed by atoms with E-state index in [-0.39, 0.29) is 0 Å². The summed E-state index contributed by atoms with van der Waals surface area (Å²) in [7, 11) is 2.17. The first-order chi connectivity index (χ1) is 11.0. The Hall–Kier alpha value is -2.02. The molecule has 1 heteroatoms. The van der Waals surface area contributed by atoms with Crippen LogP contribution in [0.2, 0.25) is 0 Å². The van der Waals surface area contributed by atoms with Gasteiger partial charge in [-0.25, -0.2) is 0 Å². The molecule has 0 aromatic heterocycles. The normalized spacial score (nSPS) is 13.8. The van der Waals surface area contributed by atoms with Crippen molar-refractivity contribution in [3.63, 3.8) is 0 Å². The van der Waals surface area contributed by atoms with Gasteiger partial charge < -0.3 is 4.90 Å². The average molecular weight is 305 g/mol. The van der Waals surface area contributed by atoms with E-state index in [2.05, 4.69) is 75.7 Å². The predicted octanol–water partition coefficient (Wildman–Crippen LogP) is 6.24. The summed E-state index contributed by atoms with van der Waals surface area (Å²) in [6, 6.07) is 13.7. The van der Waals surface area contributed by atoms with Crippen LogP contribution in [0.5, 0.6) is 0 Å². The number of benzene rings is 2. The second-order valence-corrected chi connectivity index (χ2v) is 6.76. The lowest BCUT2D eigenvalue weighted by Crippen LogP contribution is -2.11. The highest BCUT2D eigenvalue weighted by molar-refractivity contribution is 5.85. The first kappa shape index (κ1) is 15.9. The number of allylic oxidation sites excluding steroid dienone is 1. The van der Waals surface area contributed by atoms with Crippen molar-refractivity contribution in [2.45, 2.75) is 46.0 Å². The second kappa shape index (κ2) is 6.23. The topological polar surface area (TPSA) is 3.24 Å². The van der Waals surface area contributed by atoms with Crippen LogP contribution >= 0.6 is 0 Å². The third-order valence-electron chi connectivity index (χ3n) is 5.22. The van der Waals surface area contributed by atoms with Crippen LogP contribution in [0.3, 0.4) is 0 Å². The maximum Gasteiger partial charge on any atom is 0.0487 e. The third-order valence-corrected chi connectivity index (χ3v) is 5.22. The molecule has 0 saturated heterocycles. The van der Waals surface area contributed by atoms with Crippen LogP contribution in [0.25, 0.3) is 5.57 Å². The first-order valence-corrected chi connectivity index (χ1v) is 8.70. The van der Waals surface area contributed by atoms with Gasteiger partial charge in [-0.2, -0.15) is 0 Å². The lowest BCUT2D eigenvalue weighted by Gasteiger charge is -2.23. The molecule has 1 aliphatic rings. The molecule has 0 radical (unpaired) electrons. The minimum atomic E-state index is 0.659. The van der Waals surface area contributed by atoms with Gasteiger partial charge in [0.25, 0.3) is 0 Å². The van der Waals surface area contributed by atoms with E-state index >= 15 is 0 Å². The minimum absolute atomic E-state index is 0.659. The van der Waals surface area contributed by atoms with Crippen LogP contribution in [0.1, 0.15) is 54.9 Å². The Bertz CT molecular complexity index is 738. The van der Waals surface area contributed by atoms with Crippen LogP contribution in [0.15, 0.2) is 43.0 Å². The van der Waals surface area contributed by atoms with Crippen molar-refractivity contribution in [1.29, 1.82) is 0 Å². The summed E-state index contributed by atoms with van der Waals surface area (Å²) in [5.74, 6) is 0.659. The first-order valence-electron chi connectivity index (χ1n) is 8.70. The maximum atomic E-state index is 4.37. The zero-order valence-electron chi connectivity index (χ0n) is 14.8. The quantitative estimate of drug-likeness (QED) is 0.649. The second-order valence-electron chi connectivity index (χ2n) is 6.76. The van der Waals surface area contributed by atoms with Crippen LogP contribution in [0.4, 0.5) is 11.4 Å². The fourth-order valence-electron chi connectivity index (χ4n) is 3.76. The molecule has 0 bridgehead atoms. The number of hydrogen-bond acceptors (Lipinski definition) is 1. The van der Waals surface area contributed by atoms with E-state index in [1.54, 1.807) is 0 Å². The van der Waals surface area contributed by atoms with E-state index in [0.29, 0.717) is 5.92 Å². The Labute approximate surface area is 140 Å². The summed E-state index contributed by atoms with van der Waals surface area (Å²) < 4.78 is 0. The maximum absolute atomic E-state index is 4.37. The van der Waals surface area contributed by atoms with Crippen molar-refractivity contribution in [1.82, 2.24) is 0 Å². The predicted molar refractivity (Wildman–Crippen MR) is 102 cm³/mol. The third kappa shape index (κ3) is 2.81. The Morgan fingerprint density at radius 2 is 1.78 bits per heavy atom. The highest BCUT2D eigenvalue weighted by Crippen LogP contribution is 2.40. The summed E-state index contributed by atoms with van der Waals surface area (Å²) >= 11 is 0. The Morgan fingerprint density at radius 1 is 1.04 bits per heavy atom. The Balaban J connectivity index is 2.11. The number of rotatable bonds is 3. The molecule has 0 aliphatic carbocycles. The lowest BCUT2D eigenvalue weighted by atomic mass is 9.90. The van der Waals surface area contributed by atoms with E-state index in [4.69, 9.17) is 0 Å². The summed E-state index contributed by atoms with van der Waals surface area (Å²) in [6.45, 7) is 11.1. The van der Waals surface area contributed by atoms with Gasteiger partial charge in [-0.05, 0) is 66.5 Å². The zero-order valence-corrected chi connectivity index (χ0v) is 14.8. The number of fused-ring (bicyclic) bond motifs is 2. The molecule has 0 fully saturated rings. The number of anilines is 2. The number of hydrogen-bond donors (Lipinski definition) is 0. The molecule has 3 rings (SSSR count). The van der Waals surface area contributed by atoms with E-state index < -0.39 is 0 Å². The van der Waals surface area contributed by atoms with Gasteiger partial charge >= 0.3 is 0 Å². The molecule has 2 aromatic carbocycles. The fraction of sp³-hybridized carbons (Fsp3) is 0.364. The number of aryl methyl sites for hydroxylation is 1. The molecule has 0 amide bonds. The van der Waals surface area contributed by atoms with Crippen molar-refractivity contribution < 1.29 is 0 Å². The highest BCUT2D eigenvalue weighted by Gasteiger charge is 2.21. The standard InChI is InChI=1S/C22H27N/c1-6-17(7-2)18-9-11-21-19(14-18)13-16(4)20-10-8-15(3)12-22(20)23(21)5/h8-12,14,17H,4,6-7,13H2,1-3,5H3. The molecular formula is C22H27N. The molecule has 23 heavy (non-hydrogen) atoms. The summed E-state index contributed by atoms with van der Waals surface area (Å²) in [4.78, 5) is 2.33. The van der Waals surface area contributed by atoms with E-state index in [1.807, 2.05) is 0 Å². The number of nitrogens with zero attached hydrogens (tertiary/aromatic N) is 1. The highest BCUT2D eigenvalue weighted by atomic mass is 15.1. The zero-order chi connectivity index (χ0) is 16.6. The van der Waals surface area contributed by atoms with Crippen LogP contribution in [-0.4, -0.2) is 7.05 Å². The molecule has 2 aromatic rings.